The molecule has 2 N–H and O–H groups in total. The molecule has 0 aromatic carbocycles. The maximum atomic E-state index is 5.38. The summed E-state index contributed by atoms with van der Waals surface area (Å²) in [5.74, 6) is 0.657. The smallest absolute Gasteiger partial charge is 0.176 e. The molecule has 2 aromatic heterocycles. The summed E-state index contributed by atoms with van der Waals surface area (Å²) in [6.07, 6.45) is 4.01. The molecule has 0 aliphatic heterocycles. The van der Waals surface area contributed by atoms with Crippen LogP contribution in [-0.4, -0.2) is 31.7 Å². The van der Waals surface area contributed by atoms with Gasteiger partial charge in [-0.25, -0.2) is 0 Å². The van der Waals surface area contributed by atoms with Crippen molar-refractivity contribution in [3.63, 3.8) is 0 Å². The van der Waals surface area contributed by atoms with Crippen molar-refractivity contribution in [2.45, 2.75) is 6.42 Å². The molecule has 0 atom stereocenters. The molecule has 0 aliphatic rings. The van der Waals surface area contributed by atoms with E-state index < -0.39 is 0 Å². The average molecular weight is 190 g/mol. The first-order chi connectivity index (χ1) is 6.90. The Bertz CT molecular complexity index is 395. The summed E-state index contributed by atoms with van der Waals surface area (Å²) in [6.45, 7) is 0.530. The van der Waals surface area contributed by atoms with E-state index in [1.807, 2.05) is 12.1 Å². The second kappa shape index (κ2) is 3.93. The first-order valence-electron chi connectivity index (χ1n) is 4.29. The second-order valence-corrected chi connectivity index (χ2v) is 2.74. The Morgan fingerprint density at radius 2 is 2.07 bits per heavy atom. The minimum Gasteiger partial charge on any atom is -0.330 e. The third-order valence-electron chi connectivity index (χ3n) is 1.72. The molecule has 2 rings (SSSR count). The Morgan fingerprint density at radius 3 is 2.79 bits per heavy atom. The highest BCUT2D eigenvalue weighted by Crippen LogP contribution is 2.00. The van der Waals surface area contributed by atoms with E-state index in [0.29, 0.717) is 18.8 Å². The largest absolute Gasteiger partial charge is 0.330 e. The molecular weight excluding hydrogens is 180 g/mol. The Labute approximate surface area is 80.8 Å². The fourth-order valence-electron chi connectivity index (χ4n) is 1.06. The summed E-state index contributed by atoms with van der Waals surface area (Å²) in [6, 6.07) is 3.63. The third-order valence-corrected chi connectivity index (χ3v) is 1.72. The summed E-state index contributed by atoms with van der Waals surface area (Å²) in [5.41, 5.74) is 6.22. The molecule has 0 bridgehead atoms. The average Bonchev–Trinajstić information content (AvgIpc) is 2.68. The van der Waals surface area contributed by atoms with Crippen LogP contribution in [0.2, 0.25) is 0 Å². The van der Waals surface area contributed by atoms with E-state index in [2.05, 4.69) is 20.4 Å². The molecule has 2 heterocycles. The summed E-state index contributed by atoms with van der Waals surface area (Å²) < 4.78 is 0. The van der Waals surface area contributed by atoms with Gasteiger partial charge in [-0.1, -0.05) is 0 Å². The Balaban J connectivity index is 2.25. The molecule has 0 saturated heterocycles. The van der Waals surface area contributed by atoms with Crippen molar-refractivity contribution in [1.29, 1.82) is 0 Å². The van der Waals surface area contributed by atoms with E-state index in [9.17, 15) is 0 Å². The summed E-state index contributed by atoms with van der Waals surface area (Å²) in [4.78, 5) is 5.37. The molecule has 0 aliphatic carbocycles. The molecule has 0 saturated carbocycles. The predicted molar refractivity (Wildman–Crippen MR) is 49.7 cm³/mol. The van der Waals surface area contributed by atoms with Crippen LogP contribution in [0.25, 0.3) is 5.69 Å². The minimum absolute atomic E-state index is 0.530. The molecule has 0 radical (unpaired) electrons. The lowest BCUT2D eigenvalue weighted by Crippen LogP contribution is -2.05. The van der Waals surface area contributed by atoms with Crippen LogP contribution in [0.4, 0.5) is 0 Å². The maximum Gasteiger partial charge on any atom is 0.176 e. The minimum atomic E-state index is 0.530. The number of nitrogens with zero attached hydrogens (tertiary/aromatic N) is 5. The van der Waals surface area contributed by atoms with Crippen molar-refractivity contribution in [2.24, 2.45) is 5.73 Å². The van der Waals surface area contributed by atoms with E-state index in [4.69, 9.17) is 5.73 Å². The molecule has 0 fully saturated rings. The van der Waals surface area contributed by atoms with E-state index in [0.717, 1.165) is 5.69 Å². The van der Waals surface area contributed by atoms with Crippen molar-refractivity contribution >= 4 is 0 Å². The lowest BCUT2D eigenvalue weighted by Gasteiger charge is -1.94. The Morgan fingerprint density at radius 1 is 1.29 bits per heavy atom. The SMILES string of the molecule is NCCc1nnn(-c2ccncc2)n1. The van der Waals surface area contributed by atoms with Gasteiger partial charge in [0.05, 0.1) is 5.69 Å². The van der Waals surface area contributed by atoms with Crippen LogP contribution in [0.15, 0.2) is 24.5 Å². The fraction of sp³-hybridized carbons (Fsp3) is 0.250. The van der Waals surface area contributed by atoms with Crippen LogP contribution < -0.4 is 5.73 Å². The van der Waals surface area contributed by atoms with Gasteiger partial charge in [-0.2, -0.15) is 0 Å². The van der Waals surface area contributed by atoms with Crippen LogP contribution in [0.5, 0.6) is 0 Å². The molecule has 6 nitrogen and oxygen atoms in total. The number of tetrazole rings is 1. The number of nitrogens with two attached hydrogens (primary N) is 1. The monoisotopic (exact) mass is 190 g/mol. The zero-order chi connectivity index (χ0) is 9.80. The van der Waals surface area contributed by atoms with E-state index in [-0.39, 0.29) is 0 Å². The molecule has 0 unspecified atom stereocenters. The second-order valence-electron chi connectivity index (χ2n) is 2.74. The van der Waals surface area contributed by atoms with Crippen molar-refractivity contribution in [3.8, 4) is 5.69 Å². The molecule has 14 heavy (non-hydrogen) atoms. The quantitative estimate of drug-likeness (QED) is 0.709. The molecule has 2 aromatic rings. The van der Waals surface area contributed by atoms with E-state index in [1.165, 1.54) is 4.80 Å². The maximum absolute atomic E-state index is 5.38. The molecular formula is C8H10N6. The highest BCUT2D eigenvalue weighted by Gasteiger charge is 2.02. The van der Waals surface area contributed by atoms with Crippen LogP contribution in [-0.2, 0) is 6.42 Å². The van der Waals surface area contributed by atoms with Gasteiger partial charge in [0, 0.05) is 18.8 Å². The van der Waals surface area contributed by atoms with Gasteiger partial charge >= 0.3 is 0 Å². The van der Waals surface area contributed by atoms with Crippen LogP contribution in [0, 0.1) is 0 Å². The van der Waals surface area contributed by atoms with Gasteiger partial charge < -0.3 is 5.73 Å². The van der Waals surface area contributed by atoms with Gasteiger partial charge in [0.2, 0.25) is 0 Å². The number of aromatic nitrogens is 5. The van der Waals surface area contributed by atoms with Gasteiger partial charge in [-0.15, -0.1) is 15.0 Å². The third kappa shape index (κ3) is 1.74. The van der Waals surface area contributed by atoms with Crippen molar-refractivity contribution in [2.75, 3.05) is 6.54 Å². The van der Waals surface area contributed by atoms with E-state index >= 15 is 0 Å². The molecule has 6 heteroatoms. The molecule has 0 spiro atoms. The van der Waals surface area contributed by atoms with Crippen LogP contribution in [0.3, 0.4) is 0 Å². The first kappa shape index (κ1) is 8.76. The number of hydrogen-bond donors (Lipinski definition) is 1. The zero-order valence-corrected chi connectivity index (χ0v) is 7.54. The van der Waals surface area contributed by atoms with Crippen LogP contribution >= 0.6 is 0 Å². The lowest BCUT2D eigenvalue weighted by molar-refractivity contribution is 0.716. The number of rotatable bonds is 3. The van der Waals surface area contributed by atoms with Crippen molar-refractivity contribution < 1.29 is 0 Å². The topological polar surface area (TPSA) is 82.5 Å². The van der Waals surface area contributed by atoms with Crippen molar-refractivity contribution in [1.82, 2.24) is 25.2 Å². The van der Waals surface area contributed by atoms with E-state index in [1.54, 1.807) is 12.4 Å². The van der Waals surface area contributed by atoms with Gasteiger partial charge in [-0.05, 0) is 23.9 Å². The normalized spacial score (nSPS) is 10.4. The van der Waals surface area contributed by atoms with Gasteiger partial charge in [-0.3, -0.25) is 4.98 Å². The zero-order valence-electron chi connectivity index (χ0n) is 7.54. The molecule has 72 valence electrons. The van der Waals surface area contributed by atoms with Gasteiger partial charge in [0.1, 0.15) is 0 Å². The summed E-state index contributed by atoms with van der Waals surface area (Å²) >= 11 is 0. The number of pyridine rings is 1. The lowest BCUT2D eigenvalue weighted by atomic mass is 10.4. The Kier molecular flexibility index (Phi) is 2.46. The number of hydrogen-bond acceptors (Lipinski definition) is 5. The van der Waals surface area contributed by atoms with Crippen molar-refractivity contribution in [3.05, 3.63) is 30.4 Å². The van der Waals surface area contributed by atoms with Gasteiger partial charge in [0.25, 0.3) is 0 Å². The standard InChI is InChI=1S/C8H10N6/c9-4-1-8-11-13-14(12-8)7-2-5-10-6-3-7/h2-3,5-6H,1,4,9H2. The van der Waals surface area contributed by atoms with Gasteiger partial charge in [0.15, 0.2) is 5.82 Å². The predicted octanol–water partition coefficient (Wildman–Crippen LogP) is -0.442. The van der Waals surface area contributed by atoms with Crippen LogP contribution in [0.1, 0.15) is 5.82 Å². The summed E-state index contributed by atoms with van der Waals surface area (Å²) in [5, 5.41) is 11.9. The first-order valence-corrected chi connectivity index (χ1v) is 4.29. The molecule has 0 amide bonds. The fourth-order valence-corrected chi connectivity index (χ4v) is 1.06. The Hall–Kier alpha value is -1.82. The highest BCUT2D eigenvalue weighted by molar-refractivity contribution is 5.24. The summed E-state index contributed by atoms with van der Waals surface area (Å²) in [7, 11) is 0. The highest BCUT2D eigenvalue weighted by atomic mass is 15.6.